The van der Waals surface area contributed by atoms with Crippen molar-refractivity contribution >= 4 is 23.4 Å². The van der Waals surface area contributed by atoms with Crippen molar-refractivity contribution in [3.8, 4) is 0 Å². The summed E-state index contributed by atoms with van der Waals surface area (Å²) >= 11 is 0. The van der Waals surface area contributed by atoms with Crippen LogP contribution in [0.25, 0.3) is 0 Å². The average molecular weight is 326 g/mol. The van der Waals surface area contributed by atoms with Gasteiger partial charge in [0.2, 0.25) is 5.91 Å². The topological polar surface area (TPSA) is 71.8 Å². The van der Waals surface area contributed by atoms with Gasteiger partial charge in [-0.05, 0) is 43.2 Å². The number of ether oxygens (including phenoxy) is 1. The molecule has 4 rings (SSSR count). The highest BCUT2D eigenvalue weighted by molar-refractivity contribution is 5.97. The molecule has 24 heavy (non-hydrogen) atoms. The van der Waals surface area contributed by atoms with Crippen LogP contribution in [0.5, 0.6) is 0 Å². The summed E-state index contributed by atoms with van der Waals surface area (Å²) in [6.07, 6.45) is 2.09. The highest BCUT2D eigenvalue weighted by atomic mass is 16.6. The van der Waals surface area contributed by atoms with Gasteiger partial charge in [-0.1, -0.05) is 6.07 Å². The van der Waals surface area contributed by atoms with E-state index in [0.29, 0.717) is 18.8 Å². The van der Waals surface area contributed by atoms with Crippen molar-refractivity contribution in [2.75, 3.05) is 23.4 Å². The van der Waals surface area contributed by atoms with Crippen molar-refractivity contribution in [2.24, 2.45) is 5.92 Å². The number of cyclic esters (lactones) is 1. The molecule has 0 spiro atoms. The minimum atomic E-state index is -0.346. The molecule has 1 aromatic heterocycles. The Morgan fingerprint density at radius 2 is 2.21 bits per heavy atom. The summed E-state index contributed by atoms with van der Waals surface area (Å²) in [5.74, 6) is 0.950. The van der Waals surface area contributed by atoms with Gasteiger partial charge >= 0.3 is 6.09 Å². The van der Waals surface area contributed by atoms with Crippen LogP contribution in [0.1, 0.15) is 23.7 Å². The van der Waals surface area contributed by atoms with E-state index in [1.165, 1.54) is 0 Å². The maximum atomic E-state index is 12.4. The summed E-state index contributed by atoms with van der Waals surface area (Å²) in [6, 6.07) is 9.31. The fourth-order valence-electron chi connectivity index (χ4n) is 3.13. The first-order valence-electron chi connectivity index (χ1n) is 8.02. The molecule has 2 aromatic rings. The largest absolute Gasteiger partial charge is 0.469 e. The molecular formula is C18H18N2O4. The normalized spacial score (nSPS) is 22.4. The van der Waals surface area contributed by atoms with Crippen molar-refractivity contribution in [3.05, 3.63) is 47.9 Å². The number of nitrogens with one attached hydrogen (secondary N) is 1. The van der Waals surface area contributed by atoms with E-state index in [9.17, 15) is 9.59 Å². The number of carbonyl (C=O) groups excluding carboxylic acids is 2. The van der Waals surface area contributed by atoms with Crippen molar-refractivity contribution < 1.29 is 18.7 Å². The lowest BCUT2D eigenvalue weighted by Gasteiger charge is -2.17. The molecule has 1 aliphatic carbocycles. The molecule has 2 heterocycles. The van der Waals surface area contributed by atoms with Gasteiger partial charge < -0.3 is 14.5 Å². The van der Waals surface area contributed by atoms with E-state index < -0.39 is 0 Å². The van der Waals surface area contributed by atoms with Gasteiger partial charge in [0.05, 0.1) is 18.5 Å². The monoisotopic (exact) mass is 326 g/mol. The molecule has 0 bridgehead atoms. The highest BCUT2D eigenvalue weighted by Gasteiger charge is 2.45. The molecule has 0 unspecified atom stereocenters. The van der Waals surface area contributed by atoms with E-state index in [-0.39, 0.29) is 23.8 Å². The molecule has 0 radical (unpaired) electrons. The Bertz CT molecular complexity index is 784. The molecule has 6 heteroatoms. The fourth-order valence-corrected chi connectivity index (χ4v) is 3.13. The summed E-state index contributed by atoms with van der Waals surface area (Å²) in [7, 11) is 0. The van der Waals surface area contributed by atoms with E-state index in [0.717, 1.165) is 23.4 Å². The molecule has 2 amide bonds. The van der Waals surface area contributed by atoms with Crippen molar-refractivity contribution in [1.82, 2.24) is 0 Å². The van der Waals surface area contributed by atoms with Crippen LogP contribution in [0, 0.1) is 12.8 Å². The second-order valence-electron chi connectivity index (χ2n) is 6.22. The number of carbonyl (C=O) groups is 2. The van der Waals surface area contributed by atoms with Crippen molar-refractivity contribution in [3.63, 3.8) is 0 Å². The Balaban J connectivity index is 1.47. The number of nitrogens with zero attached hydrogens (tertiary/aromatic N) is 1. The molecule has 124 valence electrons. The van der Waals surface area contributed by atoms with E-state index in [1.54, 1.807) is 11.2 Å². The van der Waals surface area contributed by atoms with Gasteiger partial charge in [0.25, 0.3) is 0 Å². The molecule has 1 N–H and O–H groups in total. The van der Waals surface area contributed by atoms with Crippen LogP contribution in [-0.2, 0) is 9.53 Å². The zero-order valence-electron chi connectivity index (χ0n) is 13.3. The van der Waals surface area contributed by atoms with Crippen molar-refractivity contribution in [2.45, 2.75) is 19.3 Å². The molecule has 1 aliphatic heterocycles. The number of furan rings is 1. The summed E-state index contributed by atoms with van der Waals surface area (Å²) in [5.41, 5.74) is 2.42. The SMILES string of the molecule is Cc1ccc(NC(=O)[C@H]2C[C@@H]2c2ccco2)cc1N1CCOC1=O. The van der Waals surface area contributed by atoms with Crippen LogP contribution in [0.15, 0.2) is 41.0 Å². The van der Waals surface area contributed by atoms with Gasteiger partial charge in [0.15, 0.2) is 0 Å². The molecule has 1 saturated carbocycles. The predicted octanol–water partition coefficient (Wildman–Crippen LogP) is 3.29. The average Bonchev–Trinajstić information content (AvgIpc) is 2.97. The second-order valence-corrected chi connectivity index (χ2v) is 6.22. The number of rotatable bonds is 4. The first kappa shape index (κ1) is 14.8. The lowest BCUT2D eigenvalue weighted by Crippen LogP contribution is -2.24. The van der Waals surface area contributed by atoms with E-state index in [4.69, 9.17) is 9.15 Å². The third kappa shape index (κ3) is 2.64. The van der Waals surface area contributed by atoms with Gasteiger partial charge in [-0.25, -0.2) is 4.79 Å². The molecule has 2 aliphatic rings. The summed E-state index contributed by atoms with van der Waals surface area (Å²) in [5, 5.41) is 2.94. The summed E-state index contributed by atoms with van der Waals surface area (Å²) in [4.78, 5) is 25.8. The van der Waals surface area contributed by atoms with Crippen LogP contribution in [0.3, 0.4) is 0 Å². The Kier molecular flexibility index (Phi) is 3.52. The third-order valence-electron chi connectivity index (χ3n) is 4.56. The quantitative estimate of drug-likeness (QED) is 0.936. The molecular weight excluding hydrogens is 308 g/mol. The Morgan fingerprint density at radius 1 is 1.33 bits per heavy atom. The molecule has 1 aromatic carbocycles. The summed E-state index contributed by atoms with van der Waals surface area (Å²) < 4.78 is 10.4. The first-order valence-corrected chi connectivity index (χ1v) is 8.02. The van der Waals surface area contributed by atoms with E-state index >= 15 is 0 Å². The van der Waals surface area contributed by atoms with E-state index in [2.05, 4.69) is 5.32 Å². The second kappa shape index (κ2) is 5.70. The number of hydrogen-bond donors (Lipinski definition) is 1. The van der Waals surface area contributed by atoms with E-state index in [1.807, 2.05) is 37.3 Å². The number of aryl methyl sites for hydroxylation is 1. The van der Waals surface area contributed by atoms with Gasteiger partial charge in [0.1, 0.15) is 12.4 Å². The van der Waals surface area contributed by atoms with Crippen LogP contribution in [-0.4, -0.2) is 25.2 Å². The maximum absolute atomic E-state index is 12.4. The molecule has 6 nitrogen and oxygen atoms in total. The van der Waals surface area contributed by atoms with Gasteiger partial charge in [0, 0.05) is 17.5 Å². The minimum absolute atomic E-state index is 0.0183. The number of benzene rings is 1. The molecule has 2 fully saturated rings. The maximum Gasteiger partial charge on any atom is 0.414 e. The van der Waals surface area contributed by atoms with Crippen molar-refractivity contribution in [1.29, 1.82) is 0 Å². The molecule has 1 saturated heterocycles. The van der Waals surface area contributed by atoms with Crippen LogP contribution < -0.4 is 10.2 Å². The summed E-state index contributed by atoms with van der Waals surface area (Å²) in [6.45, 7) is 2.85. The number of hydrogen-bond acceptors (Lipinski definition) is 4. The standard InChI is InChI=1S/C18H18N2O4/c1-11-4-5-12(9-15(11)20-6-8-24-18(20)22)19-17(21)14-10-13(14)16-3-2-7-23-16/h2-5,7,9,13-14H,6,8,10H2,1H3,(H,19,21)/t13-,14-/m0/s1. The fraction of sp³-hybridized carbons (Fsp3) is 0.333. The first-order chi connectivity index (χ1) is 11.6. The van der Waals surface area contributed by atoms with Gasteiger partial charge in [-0.15, -0.1) is 0 Å². The smallest absolute Gasteiger partial charge is 0.414 e. The zero-order chi connectivity index (χ0) is 16.7. The van der Waals surface area contributed by atoms with Crippen LogP contribution >= 0.6 is 0 Å². The zero-order valence-corrected chi connectivity index (χ0v) is 13.3. The highest BCUT2D eigenvalue weighted by Crippen LogP contribution is 2.48. The predicted molar refractivity (Wildman–Crippen MR) is 88.1 cm³/mol. The van der Waals surface area contributed by atoms with Gasteiger partial charge in [-0.2, -0.15) is 0 Å². The Labute approximate surface area is 139 Å². The number of amides is 2. The third-order valence-corrected chi connectivity index (χ3v) is 4.56. The van der Waals surface area contributed by atoms with Crippen LogP contribution in [0.4, 0.5) is 16.2 Å². The minimum Gasteiger partial charge on any atom is -0.469 e. The van der Waals surface area contributed by atoms with Crippen LogP contribution in [0.2, 0.25) is 0 Å². The van der Waals surface area contributed by atoms with Gasteiger partial charge in [-0.3, -0.25) is 9.69 Å². The Morgan fingerprint density at radius 3 is 2.92 bits per heavy atom. The lowest BCUT2D eigenvalue weighted by atomic mass is 10.1. The lowest BCUT2D eigenvalue weighted by molar-refractivity contribution is -0.117. The molecule has 2 atom stereocenters. The Hall–Kier alpha value is -2.76. The number of anilines is 2.